The van der Waals surface area contributed by atoms with E-state index in [0.29, 0.717) is 17.8 Å². The molecular formula is C20H25N3O3. The Labute approximate surface area is 153 Å². The molecule has 6 nitrogen and oxygen atoms in total. The molecule has 0 bridgehead atoms. The summed E-state index contributed by atoms with van der Waals surface area (Å²) in [5.74, 6) is -0.534. The number of hydrogen-bond donors (Lipinski definition) is 1. The van der Waals surface area contributed by atoms with Gasteiger partial charge in [0.1, 0.15) is 5.60 Å². The first-order valence-electron chi connectivity index (χ1n) is 8.95. The second kappa shape index (κ2) is 6.94. The highest BCUT2D eigenvalue weighted by Crippen LogP contribution is 2.34. The summed E-state index contributed by atoms with van der Waals surface area (Å²) in [6, 6.07) is 9.03. The van der Waals surface area contributed by atoms with Crippen LogP contribution >= 0.6 is 0 Å². The van der Waals surface area contributed by atoms with Crippen LogP contribution in [0.2, 0.25) is 0 Å². The molecule has 0 unspecified atom stereocenters. The minimum absolute atomic E-state index is 0.314. The van der Waals surface area contributed by atoms with Crippen molar-refractivity contribution in [3.63, 3.8) is 0 Å². The van der Waals surface area contributed by atoms with Gasteiger partial charge in [-0.2, -0.15) is 0 Å². The molecule has 2 amide bonds. The highest BCUT2D eigenvalue weighted by Gasteiger charge is 2.34. The van der Waals surface area contributed by atoms with E-state index in [-0.39, 0.29) is 12.1 Å². The van der Waals surface area contributed by atoms with Gasteiger partial charge in [-0.3, -0.25) is 9.69 Å². The zero-order valence-electron chi connectivity index (χ0n) is 15.5. The van der Waals surface area contributed by atoms with Crippen LogP contribution < -0.4 is 5.73 Å². The molecule has 0 aliphatic carbocycles. The monoisotopic (exact) mass is 355 g/mol. The van der Waals surface area contributed by atoms with Gasteiger partial charge in [0.05, 0.1) is 22.8 Å². The molecule has 2 N–H and O–H groups in total. The Morgan fingerprint density at radius 1 is 1.23 bits per heavy atom. The van der Waals surface area contributed by atoms with E-state index in [1.165, 1.54) is 0 Å². The van der Waals surface area contributed by atoms with Crippen molar-refractivity contribution in [1.29, 1.82) is 0 Å². The Hall–Kier alpha value is -2.63. The summed E-state index contributed by atoms with van der Waals surface area (Å²) in [5, 5.41) is 0.852. The summed E-state index contributed by atoms with van der Waals surface area (Å²) in [4.78, 5) is 31.1. The molecule has 1 aliphatic rings. The minimum Gasteiger partial charge on any atom is -0.444 e. The van der Waals surface area contributed by atoms with Crippen LogP contribution in [-0.4, -0.2) is 34.0 Å². The maximum atomic E-state index is 12.7. The molecule has 26 heavy (non-hydrogen) atoms. The molecule has 1 atom stereocenters. The van der Waals surface area contributed by atoms with Crippen molar-refractivity contribution >= 4 is 22.9 Å². The van der Waals surface area contributed by atoms with E-state index < -0.39 is 11.5 Å². The fourth-order valence-electron chi connectivity index (χ4n) is 3.34. The lowest BCUT2D eigenvalue weighted by Crippen LogP contribution is -2.42. The van der Waals surface area contributed by atoms with E-state index in [1.807, 2.05) is 45.0 Å². The molecule has 1 fully saturated rings. The van der Waals surface area contributed by atoms with E-state index in [0.717, 1.165) is 30.2 Å². The summed E-state index contributed by atoms with van der Waals surface area (Å²) in [5.41, 5.74) is 6.74. The minimum atomic E-state index is -0.581. The molecule has 3 rings (SSSR count). The summed E-state index contributed by atoms with van der Waals surface area (Å²) in [7, 11) is 0. The first-order valence-corrected chi connectivity index (χ1v) is 8.95. The zero-order valence-corrected chi connectivity index (χ0v) is 15.5. The molecular weight excluding hydrogens is 330 g/mol. The number of para-hydroxylation sites is 1. The lowest BCUT2D eigenvalue weighted by atomic mass is 9.95. The van der Waals surface area contributed by atoms with E-state index in [4.69, 9.17) is 15.5 Å². The number of ether oxygens (including phenoxy) is 1. The fraction of sp³-hybridized carbons (Fsp3) is 0.450. The smallest absolute Gasteiger partial charge is 0.410 e. The molecule has 1 aliphatic heterocycles. The third-order valence-corrected chi connectivity index (χ3v) is 4.47. The van der Waals surface area contributed by atoms with Gasteiger partial charge < -0.3 is 10.5 Å². The largest absolute Gasteiger partial charge is 0.444 e. The molecule has 2 aromatic rings. The number of primary amides is 1. The molecule has 1 aromatic carbocycles. The first kappa shape index (κ1) is 18.2. The fourth-order valence-corrected chi connectivity index (χ4v) is 3.34. The molecule has 0 radical (unpaired) electrons. The van der Waals surface area contributed by atoms with Gasteiger partial charge in [0.25, 0.3) is 5.91 Å². The van der Waals surface area contributed by atoms with Crippen molar-refractivity contribution in [2.24, 2.45) is 5.73 Å². The molecule has 0 spiro atoms. The number of nitrogens with two attached hydrogens (primary N) is 1. The van der Waals surface area contributed by atoms with Gasteiger partial charge in [-0.05, 0) is 52.2 Å². The topological polar surface area (TPSA) is 85.5 Å². The molecule has 138 valence electrons. The maximum absolute atomic E-state index is 12.7. The van der Waals surface area contributed by atoms with Crippen molar-refractivity contribution < 1.29 is 14.3 Å². The van der Waals surface area contributed by atoms with Crippen LogP contribution in [0.4, 0.5) is 4.79 Å². The molecule has 2 heterocycles. The third kappa shape index (κ3) is 3.79. The maximum Gasteiger partial charge on any atom is 0.410 e. The number of hydrogen-bond acceptors (Lipinski definition) is 4. The van der Waals surface area contributed by atoms with Crippen molar-refractivity contribution in [2.45, 2.75) is 51.7 Å². The van der Waals surface area contributed by atoms with E-state index >= 15 is 0 Å². The van der Waals surface area contributed by atoms with Gasteiger partial charge in [-0.25, -0.2) is 9.78 Å². The predicted molar refractivity (Wildman–Crippen MR) is 99.8 cm³/mol. The summed E-state index contributed by atoms with van der Waals surface area (Å²) < 4.78 is 5.56. The van der Waals surface area contributed by atoms with Crippen molar-refractivity contribution in [3.05, 3.63) is 41.6 Å². The normalized spacial score (nSPS) is 18.0. The number of carbonyl (C=O) groups is 2. The van der Waals surface area contributed by atoms with Gasteiger partial charge in [0.15, 0.2) is 0 Å². The summed E-state index contributed by atoms with van der Waals surface area (Å²) in [6.45, 7) is 6.10. The van der Waals surface area contributed by atoms with E-state index in [2.05, 4.69) is 0 Å². The average Bonchev–Trinajstić information content (AvgIpc) is 2.59. The Morgan fingerprint density at radius 2 is 1.96 bits per heavy atom. The quantitative estimate of drug-likeness (QED) is 0.888. The van der Waals surface area contributed by atoms with Crippen molar-refractivity contribution in [3.8, 4) is 0 Å². The van der Waals surface area contributed by atoms with Gasteiger partial charge in [-0.1, -0.05) is 18.2 Å². The second-order valence-electron chi connectivity index (χ2n) is 7.66. The van der Waals surface area contributed by atoms with Crippen LogP contribution in [0.1, 0.15) is 62.1 Å². The SMILES string of the molecule is CC(C)(C)OC(=O)N1CCCC[C@H]1c1nc2ccccc2cc1C(N)=O. The van der Waals surface area contributed by atoms with Crippen LogP contribution in [0.5, 0.6) is 0 Å². The number of rotatable bonds is 2. The van der Waals surface area contributed by atoms with E-state index in [1.54, 1.807) is 11.0 Å². The molecule has 1 saturated heterocycles. The van der Waals surface area contributed by atoms with Gasteiger partial charge in [-0.15, -0.1) is 0 Å². The van der Waals surface area contributed by atoms with Crippen LogP contribution in [0.15, 0.2) is 30.3 Å². The van der Waals surface area contributed by atoms with Crippen molar-refractivity contribution in [2.75, 3.05) is 6.54 Å². The number of amides is 2. The lowest BCUT2D eigenvalue weighted by Gasteiger charge is -2.37. The number of pyridine rings is 1. The number of fused-ring (bicyclic) bond motifs is 1. The van der Waals surface area contributed by atoms with Gasteiger partial charge >= 0.3 is 6.09 Å². The molecule has 0 saturated carbocycles. The number of likely N-dealkylation sites (tertiary alicyclic amines) is 1. The summed E-state index contributed by atoms with van der Waals surface area (Å²) >= 11 is 0. The highest BCUT2D eigenvalue weighted by molar-refractivity contribution is 5.98. The highest BCUT2D eigenvalue weighted by atomic mass is 16.6. The number of piperidine rings is 1. The first-order chi connectivity index (χ1) is 12.3. The third-order valence-electron chi connectivity index (χ3n) is 4.47. The number of carbonyl (C=O) groups excluding carboxylic acids is 2. The Bertz CT molecular complexity index is 842. The Morgan fingerprint density at radius 3 is 2.65 bits per heavy atom. The Kier molecular flexibility index (Phi) is 4.85. The second-order valence-corrected chi connectivity index (χ2v) is 7.66. The van der Waals surface area contributed by atoms with Crippen molar-refractivity contribution in [1.82, 2.24) is 9.88 Å². The Balaban J connectivity index is 2.05. The number of aromatic nitrogens is 1. The van der Waals surface area contributed by atoms with E-state index in [9.17, 15) is 9.59 Å². The van der Waals surface area contributed by atoms with Gasteiger partial charge in [0.2, 0.25) is 0 Å². The average molecular weight is 355 g/mol. The number of benzene rings is 1. The van der Waals surface area contributed by atoms with Gasteiger partial charge in [0, 0.05) is 11.9 Å². The van der Waals surface area contributed by atoms with Crippen LogP contribution in [0, 0.1) is 0 Å². The number of nitrogens with zero attached hydrogens (tertiary/aromatic N) is 2. The standard InChI is InChI=1S/C20H25N3O3/c1-20(2,3)26-19(25)23-11-7-6-10-16(23)17-14(18(21)24)12-13-8-4-5-9-15(13)22-17/h4-5,8-9,12,16H,6-7,10-11H2,1-3H3,(H2,21,24)/t16-/m0/s1. The molecule has 6 heteroatoms. The van der Waals surface area contributed by atoms with Crippen LogP contribution in [-0.2, 0) is 4.74 Å². The van der Waals surface area contributed by atoms with Crippen LogP contribution in [0.25, 0.3) is 10.9 Å². The van der Waals surface area contributed by atoms with Crippen LogP contribution in [0.3, 0.4) is 0 Å². The molecule has 1 aromatic heterocycles. The lowest BCUT2D eigenvalue weighted by molar-refractivity contribution is 0.00889. The predicted octanol–water partition coefficient (Wildman–Crippen LogP) is 3.80. The zero-order chi connectivity index (χ0) is 18.9. The summed E-state index contributed by atoms with van der Waals surface area (Å²) in [6.07, 6.45) is 2.20.